The Morgan fingerprint density at radius 2 is 2.24 bits per heavy atom. The number of nitrogens with two attached hydrogens (primary N) is 1. The van der Waals surface area contributed by atoms with E-state index in [2.05, 4.69) is 20.4 Å². The molecule has 0 fully saturated rings. The summed E-state index contributed by atoms with van der Waals surface area (Å²) in [6, 6.07) is -1.21. The summed E-state index contributed by atoms with van der Waals surface area (Å²) >= 11 is 0. The molecule has 4 N–H and O–H groups in total. The maximum Gasteiger partial charge on any atom is 0.326 e. The van der Waals surface area contributed by atoms with Crippen LogP contribution in [0.15, 0.2) is 6.20 Å². The van der Waals surface area contributed by atoms with Crippen LogP contribution in [-0.4, -0.2) is 57.6 Å². The number of nitrogens with one attached hydrogen (secondary N) is 1. The second-order valence-electron chi connectivity index (χ2n) is 4.13. The molecule has 1 aromatic rings. The van der Waals surface area contributed by atoms with Crippen molar-refractivity contribution in [3.63, 3.8) is 0 Å². The molecule has 10 heteroatoms. The number of rotatable bonds is 8. The number of carbonyl (C=O) groups excluding carboxylic acids is 2. The molecule has 0 aromatic carbocycles. The van der Waals surface area contributed by atoms with Crippen molar-refractivity contribution in [3.8, 4) is 0 Å². The van der Waals surface area contributed by atoms with Crippen molar-refractivity contribution in [2.75, 3.05) is 13.7 Å². The fourth-order valence-corrected chi connectivity index (χ4v) is 1.50. The average molecular weight is 299 g/mol. The van der Waals surface area contributed by atoms with Gasteiger partial charge in [0, 0.05) is 13.0 Å². The van der Waals surface area contributed by atoms with Crippen LogP contribution in [0.2, 0.25) is 0 Å². The minimum absolute atomic E-state index is 0.0206. The van der Waals surface area contributed by atoms with Crippen LogP contribution in [0.3, 0.4) is 0 Å². The molecule has 0 aliphatic rings. The smallest absolute Gasteiger partial charge is 0.326 e. The fourth-order valence-electron chi connectivity index (χ4n) is 1.50. The summed E-state index contributed by atoms with van der Waals surface area (Å²) < 4.78 is 5.79. The Hall–Kier alpha value is -2.49. The summed E-state index contributed by atoms with van der Waals surface area (Å²) in [5, 5.41) is 18.6. The molecule has 0 saturated heterocycles. The van der Waals surface area contributed by atoms with Gasteiger partial charge in [-0.15, -0.1) is 5.10 Å². The average Bonchev–Trinajstić information content (AvgIpc) is 2.91. The van der Waals surface area contributed by atoms with Gasteiger partial charge in [-0.2, -0.15) is 0 Å². The van der Waals surface area contributed by atoms with Crippen molar-refractivity contribution in [1.29, 1.82) is 0 Å². The molecular weight excluding hydrogens is 282 g/mol. The van der Waals surface area contributed by atoms with E-state index in [4.69, 9.17) is 10.8 Å². The van der Waals surface area contributed by atoms with Crippen LogP contribution in [0.1, 0.15) is 23.3 Å². The normalized spacial score (nSPS) is 11.7. The van der Waals surface area contributed by atoms with Crippen LogP contribution < -0.4 is 11.1 Å². The van der Waals surface area contributed by atoms with Gasteiger partial charge in [0.25, 0.3) is 5.91 Å². The number of aromatic nitrogens is 3. The Morgan fingerprint density at radius 1 is 1.52 bits per heavy atom. The molecule has 10 nitrogen and oxygen atoms in total. The summed E-state index contributed by atoms with van der Waals surface area (Å²) in [6.45, 7) is 0.728. The van der Waals surface area contributed by atoms with Crippen LogP contribution in [0, 0.1) is 0 Å². The van der Waals surface area contributed by atoms with Crippen molar-refractivity contribution in [3.05, 3.63) is 11.9 Å². The highest BCUT2D eigenvalue weighted by molar-refractivity contribution is 5.94. The first-order chi connectivity index (χ1) is 9.97. The number of ether oxygens (including phenoxy) is 1. The third-order valence-corrected chi connectivity index (χ3v) is 2.60. The van der Waals surface area contributed by atoms with E-state index in [1.54, 1.807) is 0 Å². The lowest BCUT2D eigenvalue weighted by Crippen LogP contribution is -2.41. The van der Waals surface area contributed by atoms with Crippen LogP contribution in [0.4, 0.5) is 0 Å². The van der Waals surface area contributed by atoms with Crippen molar-refractivity contribution in [1.82, 2.24) is 20.3 Å². The summed E-state index contributed by atoms with van der Waals surface area (Å²) in [7, 11) is 1.20. The van der Waals surface area contributed by atoms with E-state index < -0.39 is 23.9 Å². The molecule has 116 valence electrons. The Kier molecular flexibility index (Phi) is 6.27. The predicted molar refractivity (Wildman–Crippen MR) is 69.2 cm³/mol. The van der Waals surface area contributed by atoms with Gasteiger partial charge in [-0.3, -0.25) is 14.3 Å². The number of methoxy groups -OCH3 is 1. The number of hydrogen-bond acceptors (Lipinski definition) is 7. The number of carboxylic acid groups (broad SMARTS) is 1. The first kappa shape index (κ1) is 16.6. The predicted octanol–water partition coefficient (Wildman–Crippen LogP) is -1.63. The largest absolute Gasteiger partial charge is 0.480 e. The van der Waals surface area contributed by atoms with Gasteiger partial charge in [-0.05, 0) is 6.42 Å². The van der Waals surface area contributed by atoms with Gasteiger partial charge < -0.3 is 20.9 Å². The molecule has 1 heterocycles. The molecule has 1 atom stereocenters. The molecule has 1 rings (SSSR count). The quantitative estimate of drug-likeness (QED) is 0.484. The van der Waals surface area contributed by atoms with Gasteiger partial charge in [-0.1, -0.05) is 5.21 Å². The monoisotopic (exact) mass is 299 g/mol. The van der Waals surface area contributed by atoms with E-state index in [0.717, 1.165) is 0 Å². The number of esters is 1. The molecule has 21 heavy (non-hydrogen) atoms. The molecule has 0 unspecified atom stereocenters. The molecule has 0 saturated carbocycles. The first-order valence-electron chi connectivity index (χ1n) is 6.18. The number of amides is 1. The van der Waals surface area contributed by atoms with E-state index in [-0.39, 0.29) is 18.5 Å². The van der Waals surface area contributed by atoms with Gasteiger partial charge in [-0.25, -0.2) is 4.79 Å². The number of aliphatic carboxylic acids is 1. The molecule has 0 bridgehead atoms. The summed E-state index contributed by atoms with van der Waals surface area (Å²) in [5.41, 5.74) is 5.32. The second kappa shape index (κ2) is 7.94. The zero-order valence-corrected chi connectivity index (χ0v) is 11.5. The lowest BCUT2D eigenvalue weighted by Gasteiger charge is -2.12. The fraction of sp³-hybridized carbons (Fsp3) is 0.545. The van der Waals surface area contributed by atoms with Crippen LogP contribution in [0.5, 0.6) is 0 Å². The Bertz CT molecular complexity index is 515. The van der Waals surface area contributed by atoms with Crippen LogP contribution in [-0.2, 0) is 20.9 Å². The van der Waals surface area contributed by atoms with Gasteiger partial charge in [0.2, 0.25) is 0 Å². The minimum atomic E-state index is -1.25. The molecular formula is C11H17N5O5. The maximum atomic E-state index is 11.9. The lowest BCUT2D eigenvalue weighted by molar-refractivity contribution is -0.142. The van der Waals surface area contributed by atoms with E-state index in [9.17, 15) is 14.4 Å². The first-order valence-corrected chi connectivity index (χ1v) is 6.18. The van der Waals surface area contributed by atoms with Crippen LogP contribution >= 0.6 is 0 Å². The minimum Gasteiger partial charge on any atom is -0.480 e. The zero-order valence-electron chi connectivity index (χ0n) is 11.5. The highest BCUT2D eigenvalue weighted by atomic mass is 16.5. The zero-order chi connectivity index (χ0) is 15.8. The Labute approximate surface area is 120 Å². The van der Waals surface area contributed by atoms with E-state index in [1.807, 2.05) is 0 Å². The molecule has 0 spiro atoms. The summed E-state index contributed by atoms with van der Waals surface area (Å²) in [4.78, 5) is 33.9. The number of hydrogen-bond donors (Lipinski definition) is 3. The lowest BCUT2D eigenvalue weighted by atomic mass is 10.1. The van der Waals surface area contributed by atoms with Gasteiger partial charge in [0.1, 0.15) is 6.04 Å². The number of carboxylic acids is 1. The van der Waals surface area contributed by atoms with Crippen molar-refractivity contribution >= 4 is 17.8 Å². The van der Waals surface area contributed by atoms with Crippen molar-refractivity contribution < 1.29 is 24.2 Å². The second-order valence-corrected chi connectivity index (χ2v) is 4.13. The van der Waals surface area contributed by atoms with Crippen molar-refractivity contribution in [2.24, 2.45) is 5.73 Å². The molecule has 0 aliphatic heterocycles. The third-order valence-electron chi connectivity index (χ3n) is 2.60. The van der Waals surface area contributed by atoms with E-state index in [1.165, 1.54) is 18.0 Å². The maximum absolute atomic E-state index is 11.9. The molecule has 0 radical (unpaired) electrons. The number of nitrogens with zero attached hydrogens (tertiary/aromatic N) is 3. The van der Waals surface area contributed by atoms with Gasteiger partial charge in [0.05, 0.1) is 19.9 Å². The van der Waals surface area contributed by atoms with Crippen LogP contribution in [0.25, 0.3) is 0 Å². The summed E-state index contributed by atoms with van der Waals surface area (Å²) in [5.74, 6) is -2.48. The molecule has 1 aromatic heterocycles. The van der Waals surface area contributed by atoms with Gasteiger partial charge >= 0.3 is 11.9 Å². The molecule has 1 amide bonds. The van der Waals surface area contributed by atoms with Crippen molar-refractivity contribution in [2.45, 2.75) is 25.4 Å². The summed E-state index contributed by atoms with van der Waals surface area (Å²) in [6.07, 6.45) is 1.17. The molecule has 0 aliphatic carbocycles. The Morgan fingerprint density at radius 3 is 2.81 bits per heavy atom. The highest BCUT2D eigenvalue weighted by Crippen LogP contribution is 2.02. The standard InChI is InChI=1S/C11H17N5O5/c1-21-9(17)3-2-7(11(19)20)13-10(18)8-6-16(5-4-12)15-14-8/h6-7H,2-5,12H2,1H3,(H,13,18)(H,19,20)/t7-/m0/s1. The SMILES string of the molecule is COC(=O)CC[C@H](NC(=O)c1cn(CCN)nn1)C(=O)O. The topological polar surface area (TPSA) is 149 Å². The van der Waals surface area contributed by atoms with Gasteiger partial charge in [0.15, 0.2) is 5.69 Å². The highest BCUT2D eigenvalue weighted by Gasteiger charge is 2.23. The third kappa shape index (κ3) is 5.18. The van der Waals surface area contributed by atoms with E-state index >= 15 is 0 Å². The van der Waals surface area contributed by atoms with E-state index in [0.29, 0.717) is 13.1 Å². The number of carbonyl (C=O) groups is 3. The Balaban J connectivity index is 2.62.